The molecule has 0 N–H and O–H groups in total. The van der Waals surface area contributed by atoms with E-state index >= 15 is 0 Å². The van der Waals surface area contributed by atoms with Crippen LogP contribution in [0.3, 0.4) is 0 Å². The maximum absolute atomic E-state index is 12.8. The van der Waals surface area contributed by atoms with Crippen molar-refractivity contribution < 1.29 is 28.6 Å². The smallest absolute Gasteiger partial charge is 0.306 e. The van der Waals surface area contributed by atoms with Crippen LogP contribution in [0.2, 0.25) is 0 Å². The van der Waals surface area contributed by atoms with Crippen molar-refractivity contribution in [3.8, 4) is 0 Å². The van der Waals surface area contributed by atoms with Crippen LogP contribution in [0.25, 0.3) is 0 Å². The maximum Gasteiger partial charge on any atom is 0.306 e. The molecule has 0 radical (unpaired) electrons. The topological polar surface area (TPSA) is 78.9 Å². The molecular weight excluding hydrogens is 865 g/mol. The molecular formula is C64H122O6. The van der Waals surface area contributed by atoms with Crippen molar-refractivity contribution >= 4 is 17.9 Å². The van der Waals surface area contributed by atoms with Crippen LogP contribution in [0.4, 0.5) is 0 Å². The molecule has 0 aromatic rings. The fraction of sp³-hybridized carbons (Fsp3) is 0.922. The Morgan fingerprint density at radius 1 is 0.271 bits per heavy atom. The summed E-state index contributed by atoms with van der Waals surface area (Å²) in [5.41, 5.74) is 0. The van der Waals surface area contributed by atoms with Gasteiger partial charge in [0.25, 0.3) is 0 Å². The van der Waals surface area contributed by atoms with E-state index in [-0.39, 0.29) is 31.1 Å². The van der Waals surface area contributed by atoms with E-state index in [1.165, 1.54) is 263 Å². The Kier molecular flexibility index (Phi) is 58.1. The van der Waals surface area contributed by atoms with Gasteiger partial charge in [-0.05, 0) is 44.9 Å². The van der Waals surface area contributed by atoms with Gasteiger partial charge in [0, 0.05) is 19.3 Å². The summed E-state index contributed by atoms with van der Waals surface area (Å²) in [6.07, 6.45) is 69.5. The molecule has 0 aliphatic carbocycles. The highest BCUT2D eigenvalue weighted by Gasteiger charge is 2.19. The number of rotatable bonds is 59. The Morgan fingerprint density at radius 2 is 0.471 bits per heavy atom. The number of hydrogen-bond donors (Lipinski definition) is 0. The van der Waals surface area contributed by atoms with E-state index < -0.39 is 6.10 Å². The molecule has 0 saturated carbocycles. The molecule has 0 aromatic heterocycles. The van der Waals surface area contributed by atoms with Gasteiger partial charge in [-0.3, -0.25) is 14.4 Å². The lowest BCUT2D eigenvalue weighted by molar-refractivity contribution is -0.167. The minimum Gasteiger partial charge on any atom is -0.462 e. The molecule has 1 unspecified atom stereocenters. The Bertz CT molecular complexity index is 1090. The molecule has 0 amide bonds. The zero-order valence-electron chi connectivity index (χ0n) is 47.6. The number of esters is 3. The molecule has 6 heteroatoms. The lowest BCUT2D eigenvalue weighted by atomic mass is 10.0. The summed E-state index contributed by atoms with van der Waals surface area (Å²) in [4.78, 5) is 38.1. The Morgan fingerprint density at radius 3 is 0.714 bits per heavy atom. The van der Waals surface area contributed by atoms with Crippen LogP contribution < -0.4 is 0 Å². The van der Waals surface area contributed by atoms with Crippen molar-refractivity contribution in [2.24, 2.45) is 0 Å². The maximum atomic E-state index is 12.8. The highest BCUT2D eigenvalue weighted by Crippen LogP contribution is 2.18. The van der Waals surface area contributed by atoms with Gasteiger partial charge in [0.1, 0.15) is 13.2 Å². The minimum atomic E-state index is -0.762. The zero-order chi connectivity index (χ0) is 50.7. The van der Waals surface area contributed by atoms with Crippen molar-refractivity contribution in [2.75, 3.05) is 13.2 Å². The van der Waals surface area contributed by atoms with E-state index in [2.05, 4.69) is 32.9 Å². The molecule has 0 saturated heterocycles. The summed E-state index contributed by atoms with van der Waals surface area (Å²) in [6, 6.07) is 0. The summed E-state index contributed by atoms with van der Waals surface area (Å²) in [6.45, 7) is 6.68. The summed E-state index contributed by atoms with van der Waals surface area (Å²) in [5, 5.41) is 0. The van der Waals surface area contributed by atoms with Crippen LogP contribution in [-0.2, 0) is 28.6 Å². The van der Waals surface area contributed by atoms with Gasteiger partial charge in [-0.1, -0.05) is 309 Å². The second-order valence-electron chi connectivity index (χ2n) is 21.7. The van der Waals surface area contributed by atoms with E-state index in [0.717, 1.165) is 57.8 Å². The van der Waals surface area contributed by atoms with Gasteiger partial charge >= 0.3 is 17.9 Å². The Balaban J connectivity index is 4.05. The third-order valence-electron chi connectivity index (χ3n) is 14.5. The first-order chi connectivity index (χ1) is 34.5. The Hall–Kier alpha value is -1.85. The third kappa shape index (κ3) is 57.1. The highest BCUT2D eigenvalue weighted by molar-refractivity contribution is 5.71. The largest absolute Gasteiger partial charge is 0.462 e. The zero-order valence-corrected chi connectivity index (χ0v) is 47.6. The van der Waals surface area contributed by atoms with Crippen molar-refractivity contribution in [3.05, 3.63) is 12.2 Å². The predicted molar refractivity (Wildman–Crippen MR) is 303 cm³/mol. The third-order valence-corrected chi connectivity index (χ3v) is 14.5. The van der Waals surface area contributed by atoms with Crippen LogP contribution in [0, 0.1) is 0 Å². The summed E-state index contributed by atoms with van der Waals surface area (Å²) in [7, 11) is 0. The molecule has 0 aliphatic heterocycles. The summed E-state index contributed by atoms with van der Waals surface area (Å²) >= 11 is 0. The molecule has 0 aromatic carbocycles. The van der Waals surface area contributed by atoms with Crippen LogP contribution >= 0.6 is 0 Å². The predicted octanol–water partition coefficient (Wildman–Crippen LogP) is 21.3. The van der Waals surface area contributed by atoms with Crippen molar-refractivity contribution in [1.82, 2.24) is 0 Å². The van der Waals surface area contributed by atoms with Crippen LogP contribution in [0.15, 0.2) is 12.2 Å². The number of carbonyl (C=O) groups is 3. The molecule has 414 valence electrons. The number of unbranched alkanes of at least 4 members (excludes halogenated alkanes) is 46. The van der Waals surface area contributed by atoms with Gasteiger partial charge in [-0.15, -0.1) is 0 Å². The Labute approximate surface area is 437 Å². The van der Waals surface area contributed by atoms with Crippen LogP contribution in [0.5, 0.6) is 0 Å². The monoisotopic (exact) mass is 987 g/mol. The molecule has 0 fully saturated rings. The highest BCUT2D eigenvalue weighted by atomic mass is 16.6. The molecule has 0 bridgehead atoms. The van der Waals surface area contributed by atoms with E-state index in [9.17, 15) is 14.4 Å². The van der Waals surface area contributed by atoms with Crippen LogP contribution in [-0.4, -0.2) is 37.2 Å². The van der Waals surface area contributed by atoms with Gasteiger partial charge in [-0.25, -0.2) is 0 Å². The molecule has 0 spiro atoms. The number of carbonyl (C=O) groups excluding carboxylic acids is 3. The fourth-order valence-electron chi connectivity index (χ4n) is 9.74. The number of allylic oxidation sites excluding steroid dienone is 2. The van der Waals surface area contributed by atoms with Gasteiger partial charge in [0.15, 0.2) is 6.10 Å². The second kappa shape index (κ2) is 59.7. The normalized spacial score (nSPS) is 12.0. The van der Waals surface area contributed by atoms with E-state index in [1.54, 1.807) is 0 Å². The standard InChI is InChI=1S/C64H122O6/c1-4-7-10-13-16-19-22-24-25-26-27-28-29-30-31-32-33-34-35-36-37-38-39-41-42-45-48-51-54-57-63(66)69-60-61(59-68-62(65)56-53-50-47-44-21-18-15-12-9-6-3)70-64(67)58-55-52-49-46-43-40-23-20-17-14-11-8-5-2/h26-27,61H,4-25,28-60H2,1-3H3/b27-26-. The van der Waals surface area contributed by atoms with E-state index in [4.69, 9.17) is 14.2 Å². The van der Waals surface area contributed by atoms with Crippen molar-refractivity contribution in [3.63, 3.8) is 0 Å². The molecule has 0 heterocycles. The lowest BCUT2D eigenvalue weighted by Gasteiger charge is -2.18. The molecule has 1 atom stereocenters. The first-order valence-electron chi connectivity index (χ1n) is 31.7. The quantitative estimate of drug-likeness (QED) is 0.0261. The molecule has 6 nitrogen and oxygen atoms in total. The number of hydrogen-bond acceptors (Lipinski definition) is 6. The number of ether oxygens (including phenoxy) is 3. The van der Waals surface area contributed by atoms with Gasteiger partial charge in [0.2, 0.25) is 0 Å². The van der Waals surface area contributed by atoms with E-state index in [0.29, 0.717) is 19.3 Å². The molecule has 0 aliphatic rings. The first kappa shape index (κ1) is 68.2. The van der Waals surface area contributed by atoms with Crippen molar-refractivity contribution in [1.29, 1.82) is 0 Å². The van der Waals surface area contributed by atoms with Gasteiger partial charge in [0.05, 0.1) is 0 Å². The van der Waals surface area contributed by atoms with Gasteiger partial charge in [-0.2, -0.15) is 0 Å². The van der Waals surface area contributed by atoms with E-state index in [1.807, 2.05) is 0 Å². The van der Waals surface area contributed by atoms with Gasteiger partial charge < -0.3 is 14.2 Å². The second-order valence-corrected chi connectivity index (χ2v) is 21.7. The average molecular weight is 988 g/mol. The minimum absolute atomic E-state index is 0.0630. The average Bonchev–Trinajstić information content (AvgIpc) is 3.36. The SMILES string of the molecule is CCCCCCCCCC/C=C\CCCCCCCCCCCCCCCCCCCC(=O)OCC(COC(=O)CCCCCCCCCCCC)OC(=O)CCCCCCCCCCCCCCC. The fourth-order valence-corrected chi connectivity index (χ4v) is 9.74. The molecule has 70 heavy (non-hydrogen) atoms. The summed E-state index contributed by atoms with van der Waals surface area (Å²) in [5.74, 6) is -0.839. The summed E-state index contributed by atoms with van der Waals surface area (Å²) < 4.78 is 16.9. The molecule has 0 rings (SSSR count). The van der Waals surface area contributed by atoms with Crippen LogP contribution in [0.1, 0.15) is 361 Å². The lowest BCUT2D eigenvalue weighted by Crippen LogP contribution is -2.30. The van der Waals surface area contributed by atoms with Crippen molar-refractivity contribution in [2.45, 2.75) is 367 Å². The first-order valence-corrected chi connectivity index (χ1v) is 31.7.